The number of aromatic nitrogens is 2. The zero-order valence-electron chi connectivity index (χ0n) is 10.9. The second-order valence-corrected chi connectivity index (χ2v) is 5.28. The molecule has 1 aliphatic rings. The smallest absolute Gasteiger partial charge is 0.309 e. The Labute approximate surface area is 112 Å². The fraction of sp³-hybridized carbons (Fsp3) is 0.467. The molecule has 0 bridgehead atoms. The maximum Gasteiger partial charge on any atom is 0.309 e. The van der Waals surface area contributed by atoms with E-state index in [9.17, 15) is 4.79 Å². The summed E-state index contributed by atoms with van der Waals surface area (Å²) in [6.45, 7) is 0. The summed E-state index contributed by atoms with van der Waals surface area (Å²) in [4.78, 5) is 15.6. The Kier molecular flexibility index (Phi) is 3.23. The lowest BCUT2D eigenvalue weighted by molar-refractivity contribution is -0.136. The lowest BCUT2D eigenvalue weighted by atomic mass is 9.89. The molecule has 4 nitrogen and oxygen atoms in total. The minimum absolute atomic E-state index is 0.000231. The van der Waals surface area contributed by atoms with Crippen LogP contribution in [-0.4, -0.2) is 20.5 Å². The number of aliphatic carboxylic acids is 1. The number of hydrogen-bond acceptors (Lipinski definition) is 2. The van der Waals surface area contributed by atoms with Crippen LogP contribution in [0.15, 0.2) is 24.4 Å². The van der Waals surface area contributed by atoms with Gasteiger partial charge in [-0.15, -0.1) is 0 Å². The summed E-state index contributed by atoms with van der Waals surface area (Å²) in [5, 5.41) is 9.00. The molecule has 0 spiro atoms. The van der Waals surface area contributed by atoms with Crippen molar-refractivity contribution in [2.45, 2.75) is 44.4 Å². The van der Waals surface area contributed by atoms with Crippen LogP contribution in [-0.2, 0) is 11.2 Å². The van der Waals surface area contributed by atoms with Crippen LogP contribution in [0.4, 0.5) is 0 Å². The standard InChI is InChI=1S/C15H18N2O2/c18-14(19)10-12-13-8-4-5-9-17(13)15(16-12)11-6-2-1-3-7-11/h4-5,8-9,11H,1-3,6-7,10H2,(H,18,19). The maximum absolute atomic E-state index is 10.9. The fourth-order valence-electron chi connectivity index (χ4n) is 3.05. The fourth-order valence-corrected chi connectivity index (χ4v) is 3.05. The number of nitrogens with zero attached hydrogens (tertiary/aromatic N) is 2. The first kappa shape index (κ1) is 12.2. The lowest BCUT2D eigenvalue weighted by Gasteiger charge is -2.20. The van der Waals surface area contributed by atoms with Crippen LogP contribution in [0.5, 0.6) is 0 Å². The van der Waals surface area contributed by atoms with Gasteiger partial charge in [0, 0.05) is 12.1 Å². The van der Waals surface area contributed by atoms with Crippen molar-refractivity contribution in [3.05, 3.63) is 35.9 Å². The first-order chi connectivity index (χ1) is 9.25. The van der Waals surface area contributed by atoms with Gasteiger partial charge in [-0.2, -0.15) is 0 Å². The van der Waals surface area contributed by atoms with Crippen molar-refractivity contribution < 1.29 is 9.90 Å². The van der Waals surface area contributed by atoms with Crippen LogP contribution in [0.3, 0.4) is 0 Å². The summed E-state index contributed by atoms with van der Waals surface area (Å²) in [5.74, 6) is 0.705. The van der Waals surface area contributed by atoms with Crippen LogP contribution in [0.1, 0.15) is 49.5 Å². The third-order valence-electron chi connectivity index (χ3n) is 3.94. The summed E-state index contributed by atoms with van der Waals surface area (Å²) in [6, 6.07) is 5.87. The lowest BCUT2D eigenvalue weighted by Crippen LogP contribution is -2.08. The predicted molar refractivity (Wildman–Crippen MR) is 72.4 cm³/mol. The molecule has 2 heterocycles. The van der Waals surface area contributed by atoms with Crippen molar-refractivity contribution in [3.8, 4) is 0 Å². The SMILES string of the molecule is O=C(O)Cc1nc(C2CCCCC2)n2ccccc12. The predicted octanol–water partition coefficient (Wildman–Crippen LogP) is 3.01. The van der Waals surface area contributed by atoms with Gasteiger partial charge in [-0.05, 0) is 25.0 Å². The number of imidazole rings is 1. The zero-order valence-corrected chi connectivity index (χ0v) is 10.9. The molecule has 0 aromatic carbocycles. The molecule has 0 saturated heterocycles. The van der Waals surface area contributed by atoms with Gasteiger partial charge >= 0.3 is 5.97 Å². The maximum atomic E-state index is 10.9. The van der Waals surface area contributed by atoms with Gasteiger partial charge in [0.15, 0.2) is 0 Å². The van der Waals surface area contributed by atoms with Gasteiger partial charge in [-0.1, -0.05) is 25.3 Å². The minimum atomic E-state index is -0.820. The Hall–Kier alpha value is -1.84. The van der Waals surface area contributed by atoms with Gasteiger partial charge in [-0.25, -0.2) is 4.98 Å². The number of pyridine rings is 1. The Morgan fingerprint density at radius 2 is 2.11 bits per heavy atom. The van der Waals surface area contributed by atoms with Crippen molar-refractivity contribution >= 4 is 11.5 Å². The van der Waals surface area contributed by atoms with E-state index in [1.165, 1.54) is 32.1 Å². The number of rotatable bonds is 3. The van der Waals surface area contributed by atoms with Crippen molar-refractivity contribution in [1.82, 2.24) is 9.38 Å². The first-order valence-corrected chi connectivity index (χ1v) is 6.93. The number of fused-ring (bicyclic) bond motifs is 1. The summed E-state index contributed by atoms with van der Waals surface area (Å²) in [7, 11) is 0. The van der Waals surface area contributed by atoms with E-state index < -0.39 is 5.97 Å². The first-order valence-electron chi connectivity index (χ1n) is 6.93. The van der Waals surface area contributed by atoms with Crippen molar-refractivity contribution in [2.24, 2.45) is 0 Å². The molecule has 3 rings (SSSR count). The number of carbonyl (C=O) groups is 1. The summed E-state index contributed by atoms with van der Waals surface area (Å²) < 4.78 is 2.08. The Bertz CT molecular complexity index is 597. The Balaban J connectivity index is 2.05. The van der Waals surface area contributed by atoms with Crippen LogP contribution in [0.25, 0.3) is 5.52 Å². The molecule has 1 N–H and O–H groups in total. The number of carboxylic acids is 1. The van der Waals surface area contributed by atoms with Crippen LogP contribution >= 0.6 is 0 Å². The molecule has 0 radical (unpaired) electrons. The highest BCUT2D eigenvalue weighted by Crippen LogP contribution is 2.33. The molecule has 100 valence electrons. The van der Waals surface area contributed by atoms with Gasteiger partial charge in [0.25, 0.3) is 0 Å². The molecule has 4 heteroatoms. The second kappa shape index (κ2) is 5.03. The van der Waals surface area contributed by atoms with E-state index in [0.29, 0.717) is 11.6 Å². The minimum Gasteiger partial charge on any atom is -0.481 e. The summed E-state index contributed by atoms with van der Waals surface area (Å²) >= 11 is 0. The van der Waals surface area contributed by atoms with Crippen LogP contribution in [0, 0.1) is 0 Å². The topological polar surface area (TPSA) is 54.6 Å². The highest BCUT2D eigenvalue weighted by atomic mass is 16.4. The van der Waals surface area contributed by atoms with Gasteiger partial charge in [0.2, 0.25) is 0 Å². The third-order valence-corrected chi connectivity index (χ3v) is 3.94. The largest absolute Gasteiger partial charge is 0.481 e. The van der Waals surface area contributed by atoms with Gasteiger partial charge in [0.1, 0.15) is 5.82 Å². The third kappa shape index (κ3) is 2.35. The van der Waals surface area contributed by atoms with E-state index >= 15 is 0 Å². The average molecular weight is 258 g/mol. The highest BCUT2D eigenvalue weighted by Gasteiger charge is 2.22. The van der Waals surface area contributed by atoms with Crippen molar-refractivity contribution in [1.29, 1.82) is 0 Å². The average Bonchev–Trinajstić information content (AvgIpc) is 2.78. The van der Waals surface area contributed by atoms with Gasteiger partial charge in [-0.3, -0.25) is 4.79 Å². The van der Waals surface area contributed by atoms with E-state index in [0.717, 1.165) is 11.3 Å². The molecule has 0 amide bonds. The molecule has 2 aromatic rings. The second-order valence-electron chi connectivity index (χ2n) is 5.28. The number of hydrogen-bond donors (Lipinski definition) is 1. The van der Waals surface area contributed by atoms with Gasteiger partial charge in [0.05, 0.1) is 17.6 Å². The van der Waals surface area contributed by atoms with E-state index in [2.05, 4.69) is 9.38 Å². The van der Waals surface area contributed by atoms with Crippen LogP contribution < -0.4 is 0 Å². The van der Waals surface area contributed by atoms with E-state index in [1.54, 1.807) is 0 Å². The van der Waals surface area contributed by atoms with Crippen molar-refractivity contribution in [3.63, 3.8) is 0 Å². The molecular formula is C15H18N2O2. The molecule has 2 aromatic heterocycles. The van der Waals surface area contributed by atoms with Crippen LogP contribution in [0.2, 0.25) is 0 Å². The monoisotopic (exact) mass is 258 g/mol. The van der Waals surface area contributed by atoms with E-state index in [-0.39, 0.29) is 6.42 Å². The molecular weight excluding hydrogens is 240 g/mol. The quantitative estimate of drug-likeness (QED) is 0.920. The Morgan fingerprint density at radius 3 is 2.84 bits per heavy atom. The molecule has 0 atom stereocenters. The van der Waals surface area contributed by atoms with Crippen molar-refractivity contribution in [2.75, 3.05) is 0 Å². The summed E-state index contributed by atoms with van der Waals surface area (Å²) in [5.41, 5.74) is 1.62. The normalized spacial score (nSPS) is 16.8. The molecule has 1 fully saturated rings. The number of carboxylic acid groups (broad SMARTS) is 1. The molecule has 1 aliphatic carbocycles. The summed E-state index contributed by atoms with van der Waals surface area (Å²) in [6.07, 6.45) is 8.14. The molecule has 0 aliphatic heterocycles. The van der Waals surface area contributed by atoms with E-state index in [1.807, 2.05) is 24.4 Å². The highest BCUT2D eigenvalue weighted by molar-refractivity contribution is 5.73. The molecule has 0 unspecified atom stereocenters. The zero-order chi connectivity index (χ0) is 13.2. The van der Waals surface area contributed by atoms with E-state index in [4.69, 9.17) is 5.11 Å². The molecule has 19 heavy (non-hydrogen) atoms. The van der Waals surface area contributed by atoms with Gasteiger partial charge < -0.3 is 9.51 Å². The Morgan fingerprint density at radius 1 is 1.32 bits per heavy atom. The molecule has 1 saturated carbocycles.